The lowest BCUT2D eigenvalue weighted by molar-refractivity contribution is 0.395. The van der Waals surface area contributed by atoms with Crippen LogP contribution in [-0.4, -0.2) is 24.2 Å². The molecule has 0 bridgehead atoms. The van der Waals surface area contributed by atoms with E-state index in [1.807, 2.05) is 60.7 Å². The van der Waals surface area contributed by atoms with Crippen LogP contribution in [0.3, 0.4) is 0 Å². The van der Waals surface area contributed by atoms with E-state index < -0.39 is 0 Å². The van der Waals surface area contributed by atoms with E-state index in [2.05, 4.69) is 27.8 Å². The molecule has 29 heavy (non-hydrogen) atoms. The quantitative estimate of drug-likeness (QED) is 0.466. The van der Waals surface area contributed by atoms with Crippen molar-refractivity contribution in [2.75, 3.05) is 24.9 Å². The van der Waals surface area contributed by atoms with Crippen LogP contribution >= 0.6 is 0 Å². The second-order valence-electron chi connectivity index (χ2n) is 6.48. The number of para-hydroxylation sites is 1. The molecule has 2 N–H and O–H groups in total. The van der Waals surface area contributed by atoms with Crippen LogP contribution in [0.25, 0.3) is 10.9 Å². The fourth-order valence-electron chi connectivity index (χ4n) is 3.06. The van der Waals surface area contributed by atoms with Gasteiger partial charge in [-0.3, -0.25) is 0 Å². The van der Waals surface area contributed by atoms with Gasteiger partial charge in [0.2, 0.25) is 5.95 Å². The van der Waals surface area contributed by atoms with Gasteiger partial charge in [-0.1, -0.05) is 42.5 Å². The summed E-state index contributed by atoms with van der Waals surface area (Å²) in [6.45, 7) is 0.675. The van der Waals surface area contributed by atoms with Gasteiger partial charge >= 0.3 is 0 Å². The largest absolute Gasteiger partial charge is 0.497 e. The summed E-state index contributed by atoms with van der Waals surface area (Å²) in [5.41, 5.74) is 2.82. The van der Waals surface area contributed by atoms with Gasteiger partial charge in [-0.2, -0.15) is 4.98 Å². The van der Waals surface area contributed by atoms with Crippen LogP contribution in [0.1, 0.15) is 5.56 Å². The van der Waals surface area contributed by atoms with Gasteiger partial charge < -0.3 is 20.1 Å². The number of anilines is 3. The Kier molecular flexibility index (Phi) is 5.42. The maximum absolute atomic E-state index is 5.34. The first-order valence-corrected chi connectivity index (χ1v) is 9.30. The van der Waals surface area contributed by atoms with Crippen molar-refractivity contribution in [1.29, 1.82) is 0 Å². The third-order valence-corrected chi connectivity index (χ3v) is 4.51. The van der Waals surface area contributed by atoms with E-state index in [1.54, 1.807) is 14.2 Å². The Bertz CT molecular complexity index is 1090. The average Bonchev–Trinajstić information content (AvgIpc) is 2.77. The smallest absolute Gasteiger partial charge is 0.229 e. The third-order valence-electron chi connectivity index (χ3n) is 4.51. The molecule has 0 aliphatic rings. The van der Waals surface area contributed by atoms with Crippen LogP contribution in [0.15, 0.2) is 72.8 Å². The highest BCUT2D eigenvalue weighted by Crippen LogP contribution is 2.29. The number of hydrogen-bond acceptors (Lipinski definition) is 6. The molecular weight excluding hydrogens is 364 g/mol. The Hall–Kier alpha value is -3.80. The Labute approximate surface area is 169 Å². The summed E-state index contributed by atoms with van der Waals surface area (Å²) in [4.78, 5) is 9.36. The first kappa shape index (κ1) is 18.6. The molecule has 0 amide bonds. The van der Waals surface area contributed by atoms with Crippen molar-refractivity contribution in [3.63, 3.8) is 0 Å². The predicted octanol–water partition coefficient (Wildman–Crippen LogP) is 5.00. The first-order chi connectivity index (χ1) is 14.2. The molecule has 4 rings (SSSR count). The summed E-state index contributed by atoms with van der Waals surface area (Å²) in [5.74, 6) is 2.65. The number of methoxy groups -OCH3 is 2. The van der Waals surface area contributed by atoms with E-state index in [0.717, 1.165) is 22.4 Å². The summed E-state index contributed by atoms with van der Waals surface area (Å²) in [7, 11) is 3.24. The Morgan fingerprint density at radius 2 is 1.48 bits per heavy atom. The lowest BCUT2D eigenvalue weighted by Crippen LogP contribution is -2.06. The van der Waals surface area contributed by atoms with E-state index in [4.69, 9.17) is 14.5 Å². The third kappa shape index (κ3) is 4.38. The summed E-state index contributed by atoms with van der Waals surface area (Å²) in [6.07, 6.45) is 0. The molecule has 146 valence electrons. The fourth-order valence-corrected chi connectivity index (χ4v) is 3.06. The number of ether oxygens (including phenoxy) is 2. The SMILES string of the molecule is COc1cc(Nc2nc(NCc3ccccc3)c3ccccc3n2)cc(OC)c1. The molecule has 6 nitrogen and oxygen atoms in total. The van der Waals surface area contributed by atoms with Gasteiger partial charge in [-0.15, -0.1) is 0 Å². The van der Waals surface area contributed by atoms with Crippen LogP contribution in [0.5, 0.6) is 11.5 Å². The number of fused-ring (bicyclic) bond motifs is 1. The van der Waals surface area contributed by atoms with Gasteiger partial charge in [0.05, 0.1) is 19.7 Å². The van der Waals surface area contributed by atoms with Gasteiger partial charge in [0, 0.05) is 35.8 Å². The lowest BCUT2D eigenvalue weighted by Gasteiger charge is -2.13. The number of nitrogens with zero attached hydrogens (tertiary/aromatic N) is 2. The van der Waals surface area contributed by atoms with Crippen molar-refractivity contribution in [2.24, 2.45) is 0 Å². The van der Waals surface area contributed by atoms with Crippen LogP contribution in [0.4, 0.5) is 17.5 Å². The number of benzene rings is 3. The van der Waals surface area contributed by atoms with E-state index in [-0.39, 0.29) is 0 Å². The topological polar surface area (TPSA) is 68.3 Å². The second kappa shape index (κ2) is 8.48. The van der Waals surface area contributed by atoms with Gasteiger partial charge in [-0.05, 0) is 17.7 Å². The molecular formula is C23H22N4O2. The molecule has 0 saturated carbocycles. The van der Waals surface area contributed by atoms with Crippen molar-refractivity contribution in [3.05, 3.63) is 78.4 Å². The molecule has 1 aromatic heterocycles. The molecule has 3 aromatic carbocycles. The van der Waals surface area contributed by atoms with Crippen molar-refractivity contribution in [3.8, 4) is 11.5 Å². The van der Waals surface area contributed by atoms with Crippen molar-refractivity contribution < 1.29 is 9.47 Å². The zero-order chi connectivity index (χ0) is 20.1. The molecule has 4 aromatic rings. The van der Waals surface area contributed by atoms with Gasteiger partial charge in [0.1, 0.15) is 17.3 Å². The Morgan fingerprint density at radius 1 is 0.793 bits per heavy atom. The van der Waals surface area contributed by atoms with E-state index in [0.29, 0.717) is 24.0 Å². The monoisotopic (exact) mass is 386 g/mol. The normalized spacial score (nSPS) is 10.6. The van der Waals surface area contributed by atoms with E-state index >= 15 is 0 Å². The minimum atomic E-state index is 0.495. The number of hydrogen-bond donors (Lipinski definition) is 2. The van der Waals surface area contributed by atoms with E-state index in [1.165, 1.54) is 5.56 Å². The highest BCUT2D eigenvalue weighted by molar-refractivity contribution is 5.90. The second-order valence-corrected chi connectivity index (χ2v) is 6.48. The van der Waals surface area contributed by atoms with E-state index in [9.17, 15) is 0 Å². The van der Waals surface area contributed by atoms with Crippen LogP contribution in [-0.2, 0) is 6.54 Å². The summed E-state index contributed by atoms with van der Waals surface area (Å²) >= 11 is 0. The average molecular weight is 386 g/mol. The zero-order valence-corrected chi connectivity index (χ0v) is 16.3. The number of rotatable bonds is 7. The molecule has 0 unspecified atom stereocenters. The maximum atomic E-state index is 5.34. The maximum Gasteiger partial charge on any atom is 0.229 e. The van der Waals surface area contributed by atoms with Crippen LogP contribution < -0.4 is 20.1 Å². The van der Waals surface area contributed by atoms with Crippen molar-refractivity contribution >= 4 is 28.4 Å². The molecule has 0 radical (unpaired) electrons. The molecule has 0 spiro atoms. The standard InChI is InChI=1S/C23H22N4O2/c1-28-18-12-17(13-19(14-18)29-2)25-23-26-21-11-7-6-10-20(21)22(27-23)24-15-16-8-4-3-5-9-16/h3-14H,15H2,1-2H3,(H2,24,25,26,27). The Balaban J connectivity index is 1.66. The van der Waals surface area contributed by atoms with Crippen LogP contribution in [0, 0.1) is 0 Å². The molecule has 0 aliphatic carbocycles. The highest BCUT2D eigenvalue weighted by Gasteiger charge is 2.09. The minimum absolute atomic E-state index is 0.495. The summed E-state index contributed by atoms with van der Waals surface area (Å²) < 4.78 is 10.7. The number of nitrogens with one attached hydrogen (secondary N) is 2. The van der Waals surface area contributed by atoms with Gasteiger partial charge in [-0.25, -0.2) is 4.98 Å². The van der Waals surface area contributed by atoms with Gasteiger partial charge in [0.25, 0.3) is 0 Å². The Morgan fingerprint density at radius 3 is 2.21 bits per heavy atom. The zero-order valence-electron chi connectivity index (χ0n) is 16.3. The molecule has 1 heterocycles. The minimum Gasteiger partial charge on any atom is -0.497 e. The molecule has 0 fully saturated rings. The van der Waals surface area contributed by atoms with Crippen molar-refractivity contribution in [2.45, 2.75) is 6.54 Å². The van der Waals surface area contributed by atoms with Crippen molar-refractivity contribution in [1.82, 2.24) is 9.97 Å². The molecule has 6 heteroatoms. The number of aromatic nitrogens is 2. The van der Waals surface area contributed by atoms with Gasteiger partial charge in [0.15, 0.2) is 0 Å². The molecule has 0 atom stereocenters. The van der Waals surface area contributed by atoms with Crippen LogP contribution in [0.2, 0.25) is 0 Å². The predicted molar refractivity (Wildman–Crippen MR) is 116 cm³/mol. The lowest BCUT2D eigenvalue weighted by atomic mass is 10.2. The molecule has 0 saturated heterocycles. The summed E-state index contributed by atoms with van der Waals surface area (Å²) in [6, 6.07) is 23.7. The summed E-state index contributed by atoms with van der Waals surface area (Å²) in [5, 5.41) is 7.67. The highest BCUT2D eigenvalue weighted by atomic mass is 16.5. The first-order valence-electron chi connectivity index (χ1n) is 9.30. The molecule has 0 aliphatic heterocycles. The fraction of sp³-hybridized carbons (Fsp3) is 0.130.